The lowest BCUT2D eigenvalue weighted by molar-refractivity contribution is -0.141. The number of aliphatic carboxylic acids is 1. The van der Waals surface area contributed by atoms with E-state index < -0.39 is 23.9 Å². The molecule has 0 aliphatic heterocycles. The van der Waals surface area contributed by atoms with E-state index in [2.05, 4.69) is 5.32 Å². The lowest BCUT2D eigenvalue weighted by Crippen LogP contribution is -2.40. The highest BCUT2D eigenvalue weighted by Gasteiger charge is 2.20. The van der Waals surface area contributed by atoms with Gasteiger partial charge in [-0.15, -0.1) is 0 Å². The minimum absolute atomic E-state index is 0.0622. The lowest BCUT2D eigenvalue weighted by Gasteiger charge is -2.17. The third-order valence-corrected chi connectivity index (χ3v) is 3.46. The van der Waals surface area contributed by atoms with Crippen molar-refractivity contribution in [1.29, 1.82) is 0 Å². The molecule has 7 heteroatoms. The van der Waals surface area contributed by atoms with Crippen LogP contribution >= 0.6 is 23.2 Å². The summed E-state index contributed by atoms with van der Waals surface area (Å²) in [5.74, 6) is -1.61. The minimum atomic E-state index is -0.938. The molecule has 0 spiro atoms. The Morgan fingerprint density at radius 1 is 1.38 bits per heavy atom. The number of hydrogen-bond donors (Lipinski definition) is 2. The van der Waals surface area contributed by atoms with E-state index in [1.807, 2.05) is 0 Å². The highest BCUT2D eigenvalue weighted by atomic mass is 35.5. The Labute approximate surface area is 133 Å². The second-order valence-electron chi connectivity index (χ2n) is 4.52. The summed E-state index contributed by atoms with van der Waals surface area (Å²) in [6.45, 7) is 3.37. The molecule has 0 aliphatic carbocycles. The summed E-state index contributed by atoms with van der Waals surface area (Å²) >= 11 is 11.7. The van der Waals surface area contributed by atoms with Crippen LogP contribution in [0.5, 0.6) is 5.75 Å². The Morgan fingerprint density at radius 2 is 2.05 bits per heavy atom. The number of carboxylic acid groups (broad SMARTS) is 1. The van der Waals surface area contributed by atoms with Gasteiger partial charge in [0.1, 0.15) is 5.75 Å². The zero-order chi connectivity index (χ0) is 16.0. The molecule has 0 bridgehead atoms. The van der Waals surface area contributed by atoms with Crippen LogP contribution in [0.4, 0.5) is 0 Å². The summed E-state index contributed by atoms with van der Waals surface area (Å²) in [5.41, 5.74) is 0. The minimum Gasteiger partial charge on any atom is -0.481 e. The van der Waals surface area contributed by atoms with Gasteiger partial charge >= 0.3 is 5.97 Å². The van der Waals surface area contributed by atoms with Crippen molar-refractivity contribution in [3.8, 4) is 5.75 Å². The Balaban J connectivity index is 2.56. The second-order valence-corrected chi connectivity index (χ2v) is 5.37. The third kappa shape index (κ3) is 5.44. The first-order chi connectivity index (χ1) is 9.85. The van der Waals surface area contributed by atoms with E-state index in [9.17, 15) is 9.59 Å². The lowest BCUT2D eigenvalue weighted by atomic mass is 10.1. The van der Waals surface area contributed by atoms with Crippen LogP contribution in [0.1, 0.15) is 20.3 Å². The van der Waals surface area contributed by atoms with E-state index in [0.717, 1.165) is 0 Å². The number of amides is 1. The Kier molecular flexibility index (Phi) is 6.78. The molecule has 1 aromatic carbocycles. The molecule has 0 fully saturated rings. The van der Waals surface area contributed by atoms with Gasteiger partial charge in [-0.25, -0.2) is 0 Å². The number of rotatable bonds is 7. The third-order valence-electron chi connectivity index (χ3n) is 2.93. The van der Waals surface area contributed by atoms with Gasteiger partial charge in [-0.1, -0.05) is 30.1 Å². The predicted octanol–water partition coefficient (Wildman–Crippen LogP) is 2.99. The summed E-state index contributed by atoms with van der Waals surface area (Å²) in [4.78, 5) is 22.7. The molecular weight excluding hydrogens is 317 g/mol. The van der Waals surface area contributed by atoms with Gasteiger partial charge in [0.25, 0.3) is 5.91 Å². The van der Waals surface area contributed by atoms with Crippen molar-refractivity contribution in [1.82, 2.24) is 5.32 Å². The van der Waals surface area contributed by atoms with Crippen LogP contribution < -0.4 is 10.1 Å². The standard InChI is InChI=1S/C14H17Cl2NO4/c1-3-9(14(19)20)7-17-13(18)8(2)21-12-5-4-10(15)6-11(12)16/h4-6,8-9H,3,7H2,1-2H3,(H,17,18)(H,19,20). The van der Waals surface area contributed by atoms with Gasteiger partial charge in [-0.05, 0) is 31.5 Å². The van der Waals surface area contributed by atoms with Gasteiger partial charge in [0.2, 0.25) is 0 Å². The number of nitrogens with one attached hydrogen (secondary N) is 1. The topological polar surface area (TPSA) is 75.6 Å². The number of benzene rings is 1. The van der Waals surface area contributed by atoms with Crippen LogP contribution in [0.2, 0.25) is 10.0 Å². The number of carboxylic acids is 1. The number of ether oxygens (including phenoxy) is 1. The normalized spacial score (nSPS) is 13.3. The first kappa shape index (κ1) is 17.6. The molecule has 0 aliphatic rings. The fourth-order valence-corrected chi connectivity index (χ4v) is 2.04. The highest BCUT2D eigenvalue weighted by Crippen LogP contribution is 2.28. The molecule has 2 unspecified atom stereocenters. The van der Waals surface area contributed by atoms with Gasteiger partial charge in [0.05, 0.1) is 10.9 Å². The van der Waals surface area contributed by atoms with Crippen molar-refractivity contribution in [2.75, 3.05) is 6.54 Å². The maximum Gasteiger partial charge on any atom is 0.308 e. The Morgan fingerprint density at radius 3 is 2.57 bits per heavy atom. The fourth-order valence-electron chi connectivity index (χ4n) is 1.59. The maximum absolute atomic E-state index is 11.9. The SMILES string of the molecule is CCC(CNC(=O)C(C)Oc1ccc(Cl)cc1Cl)C(=O)O. The summed E-state index contributed by atoms with van der Waals surface area (Å²) in [5, 5.41) is 12.2. The summed E-state index contributed by atoms with van der Waals surface area (Å²) in [6.07, 6.45) is -0.358. The van der Waals surface area contributed by atoms with Gasteiger partial charge in [-0.3, -0.25) is 9.59 Å². The molecule has 0 heterocycles. The zero-order valence-electron chi connectivity index (χ0n) is 11.7. The zero-order valence-corrected chi connectivity index (χ0v) is 13.2. The summed E-state index contributed by atoms with van der Waals surface area (Å²) in [6, 6.07) is 4.69. The molecule has 0 aromatic heterocycles. The highest BCUT2D eigenvalue weighted by molar-refractivity contribution is 6.35. The first-order valence-corrected chi connectivity index (χ1v) is 7.23. The largest absolute Gasteiger partial charge is 0.481 e. The molecule has 2 N–H and O–H groups in total. The van der Waals surface area contributed by atoms with Crippen LogP contribution in [-0.2, 0) is 9.59 Å². The fraction of sp³-hybridized carbons (Fsp3) is 0.429. The first-order valence-electron chi connectivity index (χ1n) is 6.47. The van der Waals surface area contributed by atoms with Crippen molar-refractivity contribution in [2.45, 2.75) is 26.4 Å². The predicted molar refractivity (Wildman–Crippen MR) is 81.0 cm³/mol. The second kappa shape index (κ2) is 8.10. The van der Waals surface area contributed by atoms with Crippen LogP contribution in [0.25, 0.3) is 0 Å². The van der Waals surface area contributed by atoms with Crippen LogP contribution in [0.15, 0.2) is 18.2 Å². The smallest absolute Gasteiger partial charge is 0.308 e. The molecule has 116 valence electrons. The molecule has 1 aromatic rings. The molecule has 21 heavy (non-hydrogen) atoms. The van der Waals surface area contributed by atoms with Crippen molar-refractivity contribution >= 4 is 35.1 Å². The van der Waals surface area contributed by atoms with E-state index in [0.29, 0.717) is 22.2 Å². The Hall–Kier alpha value is -1.46. The van der Waals surface area contributed by atoms with E-state index in [4.69, 9.17) is 33.0 Å². The average Bonchev–Trinajstić information content (AvgIpc) is 2.41. The van der Waals surface area contributed by atoms with E-state index in [-0.39, 0.29) is 6.54 Å². The number of hydrogen-bond acceptors (Lipinski definition) is 3. The van der Waals surface area contributed by atoms with Crippen LogP contribution in [-0.4, -0.2) is 29.6 Å². The van der Waals surface area contributed by atoms with E-state index in [1.54, 1.807) is 26.0 Å². The molecule has 1 rings (SSSR count). The van der Waals surface area contributed by atoms with Crippen LogP contribution in [0, 0.1) is 5.92 Å². The van der Waals surface area contributed by atoms with Gasteiger partial charge in [-0.2, -0.15) is 0 Å². The van der Waals surface area contributed by atoms with Gasteiger partial charge in [0, 0.05) is 11.6 Å². The van der Waals surface area contributed by atoms with Gasteiger partial charge in [0.15, 0.2) is 6.10 Å². The molecule has 0 radical (unpaired) electrons. The number of halogens is 2. The quantitative estimate of drug-likeness (QED) is 0.804. The monoisotopic (exact) mass is 333 g/mol. The van der Waals surface area contributed by atoms with E-state index in [1.165, 1.54) is 6.07 Å². The molecule has 0 saturated carbocycles. The number of carbonyl (C=O) groups excluding carboxylic acids is 1. The van der Waals surface area contributed by atoms with Crippen LogP contribution in [0.3, 0.4) is 0 Å². The number of carbonyl (C=O) groups is 2. The molecule has 0 saturated heterocycles. The van der Waals surface area contributed by atoms with Crippen molar-refractivity contribution in [3.05, 3.63) is 28.2 Å². The molecule has 1 amide bonds. The van der Waals surface area contributed by atoms with Crippen molar-refractivity contribution < 1.29 is 19.4 Å². The van der Waals surface area contributed by atoms with Crippen molar-refractivity contribution in [3.63, 3.8) is 0 Å². The average molecular weight is 334 g/mol. The summed E-state index contributed by atoms with van der Waals surface area (Å²) in [7, 11) is 0. The maximum atomic E-state index is 11.9. The molecular formula is C14H17Cl2NO4. The summed E-state index contributed by atoms with van der Waals surface area (Å²) < 4.78 is 5.44. The molecule has 2 atom stereocenters. The Bertz CT molecular complexity index is 522. The molecule has 5 nitrogen and oxygen atoms in total. The van der Waals surface area contributed by atoms with Gasteiger partial charge < -0.3 is 15.2 Å². The van der Waals surface area contributed by atoms with E-state index >= 15 is 0 Å². The van der Waals surface area contributed by atoms with Crippen molar-refractivity contribution in [2.24, 2.45) is 5.92 Å².